The number of rotatable bonds is 3. The molecule has 134 valence electrons. The summed E-state index contributed by atoms with van der Waals surface area (Å²) in [5.74, 6) is -0.335. The molecule has 4 rings (SSSR count). The number of primary amides is 1. The molecular formula is C19H14ClN5O2. The number of halogens is 1. The van der Waals surface area contributed by atoms with Crippen LogP contribution < -0.4 is 16.4 Å². The maximum absolute atomic E-state index is 12.1. The van der Waals surface area contributed by atoms with E-state index in [1.54, 1.807) is 42.6 Å². The van der Waals surface area contributed by atoms with Gasteiger partial charge in [-0.3, -0.25) is 9.59 Å². The van der Waals surface area contributed by atoms with Gasteiger partial charge in [0.1, 0.15) is 0 Å². The Bertz CT molecular complexity index is 1080. The molecule has 0 fully saturated rings. The van der Waals surface area contributed by atoms with Crippen molar-refractivity contribution in [1.29, 1.82) is 0 Å². The number of aromatic nitrogens is 2. The lowest BCUT2D eigenvalue weighted by molar-refractivity contribution is -0.115. The molecule has 0 saturated carbocycles. The molecule has 0 saturated heterocycles. The molecule has 8 heteroatoms. The summed E-state index contributed by atoms with van der Waals surface area (Å²) in [4.78, 5) is 32.3. The van der Waals surface area contributed by atoms with E-state index in [1.165, 1.54) is 0 Å². The number of hydrogen-bond donors (Lipinski definition) is 3. The molecule has 2 heterocycles. The predicted molar refractivity (Wildman–Crippen MR) is 103 cm³/mol. The molecule has 1 aromatic heterocycles. The van der Waals surface area contributed by atoms with E-state index in [-0.39, 0.29) is 12.3 Å². The maximum atomic E-state index is 12.1. The van der Waals surface area contributed by atoms with Crippen molar-refractivity contribution in [1.82, 2.24) is 9.97 Å². The Balaban J connectivity index is 1.75. The summed E-state index contributed by atoms with van der Waals surface area (Å²) in [6.45, 7) is 0. The normalized spacial score (nSPS) is 12.4. The van der Waals surface area contributed by atoms with Crippen LogP contribution in [0.15, 0.2) is 48.7 Å². The standard InChI is InChI=1S/C19H14ClN5O2/c20-12-4-5-14-15(8-12)24-16(26)7-11-9-22-19(25-17(11)14)23-13-3-1-2-10(6-13)18(21)27/h1-6,8-9H,7H2,(H2,21,27)(H,24,26)(H,22,23,25). The molecule has 7 nitrogen and oxygen atoms in total. The second kappa shape index (κ2) is 6.69. The smallest absolute Gasteiger partial charge is 0.248 e. The Hall–Kier alpha value is -3.45. The summed E-state index contributed by atoms with van der Waals surface area (Å²) in [7, 11) is 0. The lowest BCUT2D eigenvalue weighted by atomic mass is 10.1. The Morgan fingerprint density at radius 1 is 1.22 bits per heavy atom. The zero-order valence-corrected chi connectivity index (χ0v) is 14.7. The van der Waals surface area contributed by atoms with Crippen molar-refractivity contribution in [3.63, 3.8) is 0 Å². The summed E-state index contributed by atoms with van der Waals surface area (Å²) in [5, 5.41) is 6.42. The van der Waals surface area contributed by atoms with E-state index < -0.39 is 5.91 Å². The molecule has 0 spiro atoms. The third-order valence-electron chi connectivity index (χ3n) is 4.13. The van der Waals surface area contributed by atoms with Crippen molar-refractivity contribution in [2.45, 2.75) is 6.42 Å². The molecule has 0 unspecified atom stereocenters. The highest BCUT2D eigenvalue weighted by molar-refractivity contribution is 6.31. The van der Waals surface area contributed by atoms with Gasteiger partial charge >= 0.3 is 0 Å². The maximum Gasteiger partial charge on any atom is 0.248 e. The van der Waals surface area contributed by atoms with Crippen molar-refractivity contribution in [3.05, 3.63) is 64.8 Å². The number of nitrogens with one attached hydrogen (secondary N) is 2. The summed E-state index contributed by atoms with van der Waals surface area (Å²) < 4.78 is 0. The molecule has 0 bridgehead atoms. The van der Waals surface area contributed by atoms with Gasteiger partial charge < -0.3 is 16.4 Å². The SMILES string of the molecule is NC(=O)c1cccc(Nc2ncc3c(n2)-c2ccc(Cl)cc2NC(=O)C3)c1. The fourth-order valence-electron chi connectivity index (χ4n) is 2.90. The highest BCUT2D eigenvalue weighted by atomic mass is 35.5. The minimum atomic E-state index is -0.517. The van der Waals surface area contributed by atoms with Gasteiger partial charge in [0.05, 0.1) is 17.8 Å². The van der Waals surface area contributed by atoms with E-state index in [1.807, 2.05) is 6.07 Å². The van der Waals surface area contributed by atoms with Crippen LogP contribution in [0.1, 0.15) is 15.9 Å². The van der Waals surface area contributed by atoms with Crippen molar-refractivity contribution in [2.75, 3.05) is 10.6 Å². The minimum Gasteiger partial charge on any atom is -0.366 e. The highest BCUT2D eigenvalue weighted by Crippen LogP contribution is 2.34. The van der Waals surface area contributed by atoms with Gasteiger partial charge in [-0.2, -0.15) is 0 Å². The van der Waals surface area contributed by atoms with Crippen molar-refractivity contribution in [3.8, 4) is 11.3 Å². The van der Waals surface area contributed by atoms with Crippen LogP contribution in [0.2, 0.25) is 5.02 Å². The lowest BCUT2D eigenvalue weighted by Crippen LogP contribution is -2.13. The molecule has 0 atom stereocenters. The van der Waals surface area contributed by atoms with E-state index in [2.05, 4.69) is 20.6 Å². The monoisotopic (exact) mass is 379 g/mol. The second-order valence-electron chi connectivity index (χ2n) is 6.05. The summed E-state index contributed by atoms with van der Waals surface area (Å²) in [5.41, 5.74) is 9.04. The van der Waals surface area contributed by atoms with Crippen molar-refractivity contribution < 1.29 is 9.59 Å². The first-order chi connectivity index (χ1) is 13.0. The van der Waals surface area contributed by atoms with Crippen LogP contribution in [0, 0.1) is 0 Å². The molecule has 27 heavy (non-hydrogen) atoms. The number of nitrogens with zero attached hydrogens (tertiary/aromatic N) is 2. The zero-order valence-electron chi connectivity index (χ0n) is 14.0. The average molecular weight is 380 g/mol. The molecule has 0 aliphatic carbocycles. The van der Waals surface area contributed by atoms with Crippen LogP contribution in [0.5, 0.6) is 0 Å². The Kier molecular flexibility index (Phi) is 4.21. The van der Waals surface area contributed by atoms with Crippen LogP contribution in [0.4, 0.5) is 17.3 Å². The van der Waals surface area contributed by atoms with Crippen LogP contribution in [0.25, 0.3) is 11.3 Å². The van der Waals surface area contributed by atoms with E-state index in [0.717, 1.165) is 5.56 Å². The molecule has 0 radical (unpaired) electrons. The van der Waals surface area contributed by atoms with Crippen molar-refractivity contribution >= 4 is 40.7 Å². The topological polar surface area (TPSA) is 110 Å². The van der Waals surface area contributed by atoms with Gasteiger partial charge in [0.15, 0.2) is 0 Å². The molecular weight excluding hydrogens is 366 g/mol. The number of amides is 2. The van der Waals surface area contributed by atoms with E-state index >= 15 is 0 Å². The number of fused-ring (bicyclic) bond motifs is 3. The van der Waals surface area contributed by atoms with Gasteiger partial charge in [0, 0.05) is 33.6 Å². The van der Waals surface area contributed by atoms with Gasteiger partial charge in [-0.25, -0.2) is 9.97 Å². The van der Waals surface area contributed by atoms with Crippen LogP contribution in [-0.4, -0.2) is 21.8 Å². The largest absolute Gasteiger partial charge is 0.366 e. The molecule has 3 aromatic rings. The van der Waals surface area contributed by atoms with Gasteiger partial charge in [-0.1, -0.05) is 17.7 Å². The number of carbonyl (C=O) groups excluding carboxylic acids is 2. The average Bonchev–Trinajstić information content (AvgIpc) is 2.76. The van der Waals surface area contributed by atoms with E-state index in [0.29, 0.717) is 39.2 Å². The minimum absolute atomic E-state index is 0.157. The number of carbonyl (C=O) groups is 2. The van der Waals surface area contributed by atoms with E-state index in [9.17, 15) is 9.59 Å². The second-order valence-corrected chi connectivity index (χ2v) is 6.49. The van der Waals surface area contributed by atoms with Gasteiger partial charge in [-0.15, -0.1) is 0 Å². The molecule has 2 amide bonds. The number of benzene rings is 2. The highest BCUT2D eigenvalue weighted by Gasteiger charge is 2.21. The Morgan fingerprint density at radius 3 is 2.89 bits per heavy atom. The number of nitrogens with two attached hydrogens (primary N) is 1. The Morgan fingerprint density at radius 2 is 2.07 bits per heavy atom. The zero-order chi connectivity index (χ0) is 19.0. The molecule has 1 aliphatic rings. The fraction of sp³-hybridized carbons (Fsp3) is 0.0526. The Labute approximate surface area is 159 Å². The van der Waals surface area contributed by atoms with E-state index in [4.69, 9.17) is 17.3 Å². The van der Waals surface area contributed by atoms with Gasteiger partial charge in [-0.05, 0) is 36.4 Å². The van der Waals surface area contributed by atoms with Crippen molar-refractivity contribution in [2.24, 2.45) is 5.73 Å². The summed E-state index contributed by atoms with van der Waals surface area (Å²) >= 11 is 6.05. The van der Waals surface area contributed by atoms with Gasteiger partial charge in [0.2, 0.25) is 17.8 Å². The number of anilines is 3. The molecule has 2 aromatic carbocycles. The van der Waals surface area contributed by atoms with Crippen LogP contribution >= 0.6 is 11.6 Å². The first kappa shape index (κ1) is 17.0. The molecule has 4 N–H and O–H groups in total. The third kappa shape index (κ3) is 3.45. The number of hydrogen-bond acceptors (Lipinski definition) is 5. The summed E-state index contributed by atoms with van der Waals surface area (Å²) in [6.07, 6.45) is 1.78. The van der Waals surface area contributed by atoms with Crippen LogP contribution in [0.3, 0.4) is 0 Å². The van der Waals surface area contributed by atoms with Crippen LogP contribution in [-0.2, 0) is 11.2 Å². The first-order valence-electron chi connectivity index (χ1n) is 8.12. The summed E-state index contributed by atoms with van der Waals surface area (Å²) in [6, 6.07) is 12.0. The quantitative estimate of drug-likeness (QED) is 0.647. The first-order valence-corrected chi connectivity index (χ1v) is 8.50. The predicted octanol–water partition coefficient (Wildman–Crippen LogP) is 3.13. The third-order valence-corrected chi connectivity index (χ3v) is 4.36. The lowest BCUT2D eigenvalue weighted by Gasteiger charge is -2.11. The van der Waals surface area contributed by atoms with Gasteiger partial charge in [0.25, 0.3) is 0 Å². The molecule has 1 aliphatic heterocycles. The fourth-order valence-corrected chi connectivity index (χ4v) is 3.07.